The monoisotopic (exact) mass is 646 g/mol. The summed E-state index contributed by atoms with van der Waals surface area (Å²) < 4.78 is 11.2. The second-order valence-corrected chi connectivity index (χ2v) is 14.1. The summed E-state index contributed by atoms with van der Waals surface area (Å²) in [6.45, 7) is 0. The second-order valence-electron chi connectivity index (χ2n) is 14.1. The molecule has 0 N–H and O–H groups in total. The molecule has 9 aromatic carbocycles. The highest BCUT2D eigenvalue weighted by atomic mass is 16.3. The van der Waals surface area contributed by atoms with E-state index in [1.807, 2.05) is 0 Å². The Kier molecular flexibility index (Phi) is 4.62. The van der Waals surface area contributed by atoms with Crippen molar-refractivity contribution in [3.63, 3.8) is 0 Å². The van der Waals surface area contributed by atoms with Crippen LogP contribution in [-0.4, -0.2) is 8.97 Å². The van der Waals surface area contributed by atoms with Gasteiger partial charge in [-0.05, 0) is 93.3 Å². The SMILES string of the molecule is c1cc2oc3cccc4c5cc(-n6c7ccccc7c7cc(-c8ccc9c(c8)c8cccc%10c%11ccccc%11n9c%108)ccc76)ccc5c(c1)c2c34. The van der Waals surface area contributed by atoms with Gasteiger partial charge in [0.05, 0.1) is 27.6 Å². The molecule has 13 rings (SSSR count). The summed E-state index contributed by atoms with van der Waals surface area (Å²) in [5.41, 5.74) is 11.7. The van der Waals surface area contributed by atoms with E-state index < -0.39 is 0 Å². The Bertz CT molecular complexity index is 3590. The highest BCUT2D eigenvalue weighted by Crippen LogP contribution is 2.44. The lowest BCUT2D eigenvalue weighted by Crippen LogP contribution is -1.94. The number of benzene rings is 9. The van der Waals surface area contributed by atoms with Crippen LogP contribution in [0.3, 0.4) is 0 Å². The van der Waals surface area contributed by atoms with Gasteiger partial charge in [0.1, 0.15) is 11.2 Å². The minimum absolute atomic E-state index is 0.945. The van der Waals surface area contributed by atoms with E-state index in [9.17, 15) is 0 Å². The van der Waals surface area contributed by atoms with Gasteiger partial charge in [-0.3, -0.25) is 0 Å². The average Bonchev–Trinajstić information content (AvgIpc) is 3.93. The Morgan fingerprint density at radius 3 is 1.63 bits per heavy atom. The van der Waals surface area contributed by atoms with Crippen molar-refractivity contribution in [3.8, 4) is 16.8 Å². The summed E-state index contributed by atoms with van der Waals surface area (Å²) in [6.07, 6.45) is 0. The molecule has 0 radical (unpaired) electrons. The lowest BCUT2D eigenvalue weighted by molar-refractivity contribution is 0.669. The van der Waals surface area contributed by atoms with Gasteiger partial charge in [0, 0.05) is 48.8 Å². The molecule has 234 valence electrons. The third-order valence-electron chi connectivity index (χ3n) is 11.6. The summed E-state index contributed by atoms with van der Waals surface area (Å²) in [5, 5.41) is 15.1. The molecule has 0 aliphatic heterocycles. The number of para-hydroxylation sites is 3. The molecule has 0 spiro atoms. The molecular formula is C48H26N2O. The van der Waals surface area contributed by atoms with Crippen LogP contribution in [0.2, 0.25) is 0 Å². The average molecular weight is 647 g/mol. The van der Waals surface area contributed by atoms with Crippen molar-refractivity contribution in [3.05, 3.63) is 158 Å². The normalized spacial score (nSPS) is 12.7. The first-order valence-electron chi connectivity index (χ1n) is 17.6. The van der Waals surface area contributed by atoms with Crippen LogP contribution in [0.25, 0.3) is 120 Å². The van der Waals surface area contributed by atoms with Crippen LogP contribution in [0, 0.1) is 0 Å². The van der Waals surface area contributed by atoms with E-state index in [1.54, 1.807) is 0 Å². The van der Waals surface area contributed by atoms with Crippen LogP contribution in [0.1, 0.15) is 0 Å². The number of aromatic nitrogens is 2. The van der Waals surface area contributed by atoms with Crippen molar-refractivity contribution in [2.24, 2.45) is 0 Å². The molecule has 0 unspecified atom stereocenters. The molecule has 13 aromatic rings. The number of rotatable bonds is 2. The van der Waals surface area contributed by atoms with Gasteiger partial charge in [0.25, 0.3) is 0 Å². The van der Waals surface area contributed by atoms with Gasteiger partial charge < -0.3 is 13.4 Å². The van der Waals surface area contributed by atoms with E-state index in [-0.39, 0.29) is 0 Å². The topological polar surface area (TPSA) is 22.5 Å². The zero-order valence-corrected chi connectivity index (χ0v) is 27.3. The van der Waals surface area contributed by atoms with Crippen LogP contribution in [0.5, 0.6) is 0 Å². The highest BCUT2D eigenvalue weighted by Gasteiger charge is 2.20. The lowest BCUT2D eigenvalue weighted by atomic mass is 9.94. The van der Waals surface area contributed by atoms with E-state index in [0.29, 0.717) is 0 Å². The predicted octanol–water partition coefficient (Wildman–Crippen LogP) is 13.2. The van der Waals surface area contributed by atoms with Crippen molar-refractivity contribution < 1.29 is 4.42 Å². The number of hydrogen-bond donors (Lipinski definition) is 0. The third-order valence-corrected chi connectivity index (χ3v) is 11.6. The summed E-state index contributed by atoms with van der Waals surface area (Å²) in [7, 11) is 0. The van der Waals surface area contributed by atoms with E-state index in [1.165, 1.54) is 103 Å². The molecule has 0 fully saturated rings. The fourth-order valence-electron chi connectivity index (χ4n) is 9.49. The molecule has 0 atom stereocenters. The maximum absolute atomic E-state index is 6.31. The van der Waals surface area contributed by atoms with Gasteiger partial charge in [0.2, 0.25) is 0 Å². The summed E-state index contributed by atoms with van der Waals surface area (Å²) in [6, 6.07) is 58.1. The van der Waals surface area contributed by atoms with Crippen LogP contribution in [0.15, 0.2) is 162 Å². The summed E-state index contributed by atoms with van der Waals surface area (Å²) in [5.74, 6) is 0. The van der Waals surface area contributed by atoms with Crippen LogP contribution in [-0.2, 0) is 0 Å². The van der Waals surface area contributed by atoms with Gasteiger partial charge in [0.15, 0.2) is 0 Å². The molecule has 4 aromatic heterocycles. The van der Waals surface area contributed by atoms with E-state index >= 15 is 0 Å². The van der Waals surface area contributed by atoms with E-state index in [4.69, 9.17) is 4.42 Å². The minimum Gasteiger partial charge on any atom is -0.456 e. The van der Waals surface area contributed by atoms with Gasteiger partial charge >= 0.3 is 0 Å². The van der Waals surface area contributed by atoms with Crippen LogP contribution < -0.4 is 0 Å². The zero-order valence-electron chi connectivity index (χ0n) is 27.3. The lowest BCUT2D eigenvalue weighted by Gasteiger charge is -2.13. The molecule has 4 heterocycles. The number of nitrogens with zero attached hydrogens (tertiary/aromatic N) is 2. The smallest absolute Gasteiger partial charge is 0.136 e. The molecular weight excluding hydrogens is 621 g/mol. The number of fused-ring (bicyclic) bond motifs is 12. The van der Waals surface area contributed by atoms with Crippen molar-refractivity contribution >= 4 is 103 Å². The Morgan fingerprint density at radius 1 is 0.333 bits per heavy atom. The molecule has 51 heavy (non-hydrogen) atoms. The van der Waals surface area contributed by atoms with Gasteiger partial charge in [-0.25, -0.2) is 0 Å². The first kappa shape index (κ1) is 26.1. The number of hydrogen-bond acceptors (Lipinski definition) is 1. The minimum atomic E-state index is 0.945. The van der Waals surface area contributed by atoms with E-state index in [2.05, 4.69) is 167 Å². The third kappa shape index (κ3) is 3.16. The van der Waals surface area contributed by atoms with Crippen LogP contribution >= 0.6 is 0 Å². The first-order chi connectivity index (χ1) is 25.3. The molecule has 0 saturated heterocycles. The molecule has 0 bridgehead atoms. The Labute approximate surface area is 290 Å². The molecule has 0 aliphatic rings. The van der Waals surface area contributed by atoms with Crippen molar-refractivity contribution in [2.75, 3.05) is 0 Å². The highest BCUT2D eigenvalue weighted by molar-refractivity contribution is 6.33. The Balaban J connectivity index is 1.04. The maximum atomic E-state index is 6.31. The Hall–Kier alpha value is -6.84. The zero-order chi connectivity index (χ0) is 32.9. The van der Waals surface area contributed by atoms with Crippen molar-refractivity contribution in [2.45, 2.75) is 0 Å². The Morgan fingerprint density at radius 2 is 0.863 bits per heavy atom. The van der Waals surface area contributed by atoms with Gasteiger partial charge in [-0.15, -0.1) is 0 Å². The fourth-order valence-corrected chi connectivity index (χ4v) is 9.49. The summed E-state index contributed by atoms with van der Waals surface area (Å²) >= 11 is 0. The van der Waals surface area contributed by atoms with Crippen LogP contribution in [0.4, 0.5) is 0 Å². The fraction of sp³-hybridized carbons (Fsp3) is 0. The molecule has 0 aliphatic carbocycles. The predicted molar refractivity (Wildman–Crippen MR) is 214 cm³/mol. The molecule has 3 nitrogen and oxygen atoms in total. The number of furan rings is 1. The second kappa shape index (κ2) is 9.03. The standard InChI is InChI=1S/C48H26N2O/c1-4-15-41-31(8-1)35-12-5-13-36-39-25-28(19-23-43(39)50(41)48(35)36)27-18-22-42-38(24-27)32-9-2-3-14-40(32)49(42)29-20-21-30-33-10-6-16-44-46(33)47-34(37(30)26-29)11-7-17-45(47)51-44/h1-26H. The van der Waals surface area contributed by atoms with Gasteiger partial charge in [-0.1, -0.05) is 97.1 Å². The maximum Gasteiger partial charge on any atom is 0.136 e. The molecule has 0 saturated carbocycles. The quantitative estimate of drug-likeness (QED) is 0.171. The molecule has 3 heteroatoms. The van der Waals surface area contributed by atoms with Gasteiger partial charge in [-0.2, -0.15) is 0 Å². The van der Waals surface area contributed by atoms with Crippen molar-refractivity contribution in [1.82, 2.24) is 8.97 Å². The van der Waals surface area contributed by atoms with E-state index in [0.717, 1.165) is 16.9 Å². The first-order valence-corrected chi connectivity index (χ1v) is 17.6. The summed E-state index contributed by atoms with van der Waals surface area (Å²) in [4.78, 5) is 0. The largest absolute Gasteiger partial charge is 0.456 e. The molecule has 0 amide bonds. The van der Waals surface area contributed by atoms with Crippen molar-refractivity contribution in [1.29, 1.82) is 0 Å².